The summed E-state index contributed by atoms with van der Waals surface area (Å²) in [6, 6.07) is 5.13. The maximum atomic E-state index is 14.2. The van der Waals surface area contributed by atoms with Crippen LogP contribution in [0, 0.1) is 0 Å². The smallest absolute Gasteiger partial charge is 0.439 e. The van der Waals surface area contributed by atoms with E-state index in [1.807, 2.05) is 0 Å². The maximum absolute atomic E-state index is 14.2. The molecule has 0 bridgehead atoms. The van der Waals surface area contributed by atoms with Gasteiger partial charge in [-0.15, -0.1) is 0 Å². The van der Waals surface area contributed by atoms with E-state index in [9.17, 15) is 54.2 Å². The fourth-order valence-corrected chi connectivity index (χ4v) is 3.42. The van der Waals surface area contributed by atoms with Gasteiger partial charge in [-0.25, -0.2) is 4.79 Å². The van der Waals surface area contributed by atoms with Crippen LogP contribution in [-0.4, -0.2) is 62.0 Å². The number of amides is 1. The van der Waals surface area contributed by atoms with Gasteiger partial charge in [-0.05, 0) is 31.2 Å². The van der Waals surface area contributed by atoms with Crippen LogP contribution in [0.25, 0.3) is 0 Å². The molecular formula is C23H21F9N2O6. The van der Waals surface area contributed by atoms with Crippen LogP contribution in [0.4, 0.5) is 45.2 Å². The number of rotatable bonds is 9. The van der Waals surface area contributed by atoms with Crippen molar-refractivity contribution in [1.82, 2.24) is 5.32 Å². The second-order valence-corrected chi connectivity index (χ2v) is 7.87. The number of benzene rings is 2. The molecule has 2 aromatic rings. The van der Waals surface area contributed by atoms with Gasteiger partial charge in [0.2, 0.25) is 0 Å². The Morgan fingerprint density at radius 1 is 0.850 bits per heavy atom. The minimum absolute atomic E-state index is 0.0916. The predicted octanol–water partition coefficient (Wildman–Crippen LogP) is 4.68. The number of hydrogen-bond donors (Lipinski definition) is 3. The number of anilines is 1. The SMILES string of the molecule is CCOc1ccccc1C(=O)NC(Nc1ccc([C@@](O)(C(=O)OC)C(F)(F)F)cc1OC)(C(F)(F)F)C(F)(F)F. The van der Waals surface area contributed by atoms with Gasteiger partial charge in [0.1, 0.15) is 11.5 Å². The number of halogens is 9. The average Bonchev–Trinajstić information content (AvgIpc) is 2.85. The van der Waals surface area contributed by atoms with Gasteiger partial charge in [0.05, 0.1) is 32.1 Å². The van der Waals surface area contributed by atoms with Gasteiger partial charge in [-0.2, -0.15) is 39.5 Å². The fraction of sp³-hybridized carbons (Fsp3) is 0.391. The Bertz CT molecular complexity index is 1220. The number of para-hydroxylation sites is 1. The molecule has 1 atom stereocenters. The van der Waals surface area contributed by atoms with Crippen molar-refractivity contribution in [3.63, 3.8) is 0 Å². The van der Waals surface area contributed by atoms with Gasteiger partial charge in [-0.1, -0.05) is 18.2 Å². The first-order valence-corrected chi connectivity index (χ1v) is 10.8. The Morgan fingerprint density at radius 2 is 1.43 bits per heavy atom. The van der Waals surface area contributed by atoms with E-state index in [1.165, 1.54) is 13.0 Å². The van der Waals surface area contributed by atoms with Crippen LogP contribution in [-0.2, 0) is 15.1 Å². The van der Waals surface area contributed by atoms with Crippen molar-refractivity contribution in [2.45, 2.75) is 36.7 Å². The van der Waals surface area contributed by atoms with E-state index in [0.717, 1.165) is 28.8 Å². The Hall–Kier alpha value is -3.89. The lowest BCUT2D eigenvalue weighted by Crippen LogP contribution is -2.72. The second kappa shape index (κ2) is 11.3. The van der Waals surface area contributed by atoms with Crippen molar-refractivity contribution in [2.75, 3.05) is 26.1 Å². The van der Waals surface area contributed by atoms with E-state index in [2.05, 4.69) is 9.47 Å². The first kappa shape index (κ1) is 32.3. The largest absolute Gasteiger partial charge is 0.495 e. The molecule has 222 valence electrons. The average molecular weight is 592 g/mol. The molecule has 0 aliphatic carbocycles. The Kier molecular flexibility index (Phi) is 9.14. The molecule has 0 radical (unpaired) electrons. The molecule has 17 heteroatoms. The lowest BCUT2D eigenvalue weighted by Gasteiger charge is -2.39. The minimum atomic E-state index is -6.32. The predicted molar refractivity (Wildman–Crippen MR) is 119 cm³/mol. The Morgan fingerprint density at radius 3 is 1.90 bits per heavy atom. The molecule has 0 unspecified atom stereocenters. The molecule has 2 aromatic carbocycles. The third-order valence-corrected chi connectivity index (χ3v) is 5.42. The van der Waals surface area contributed by atoms with Crippen molar-refractivity contribution in [3.8, 4) is 11.5 Å². The summed E-state index contributed by atoms with van der Waals surface area (Å²) in [4.78, 5) is 24.5. The number of carbonyl (C=O) groups excluding carboxylic acids is 2. The number of esters is 1. The van der Waals surface area contributed by atoms with E-state index in [-0.39, 0.29) is 30.6 Å². The summed E-state index contributed by atoms with van der Waals surface area (Å²) in [5, 5.41) is 12.1. The molecule has 1 amide bonds. The topological polar surface area (TPSA) is 106 Å². The van der Waals surface area contributed by atoms with E-state index in [4.69, 9.17) is 4.74 Å². The van der Waals surface area contributed by atoms with Crippen LogP contribution < -0.4 is 20.1 Å². The number of hydrogen-bond acceptors (Lipinski definition) is 7. The highest BCUT2D eigenvalue weighted by atomic mass is 19.4. The molecule has 0 aromatic heterocycles. The first-order chi connectivity index (χ1) is 18.3. The molecule has 0 spiro atoms. The quantitative estimate of drug-likeness (QED) is 0.221. The minimum Gasteiger partial charge on any atom is -0.495 e. The monoisotopic (exact) mass is 592 g/mol. The third kappa shape index (κ3) is 5.83. The van der Waals surface area contributed by atoms with Gasteiger partial charge >= 0.3 is 30.2 Å². The van der Waals surface area contributed by atoms with E-state index >= 15 is 0 Å². The van der Waals surface area contributed by atoms with Crippen LogP contribution >= 0.6 is 0 Å². The Labute approximate surface area is 220 Å². The zero-order chi connectivity index (χ0) is 30.7. The number of nitrogens with one attached hydrogen (secondary N) is 2. The van der Waals surface area contributed by atoms with Gasteiger partial charge in [0, 0.05) is 5.56 Å². The third-order valence-electron chi connectivity index (χ3n) is 5.42. The molecule has 40 heavy (non-hydrogen) atoms. The standard InChI is InChI=1S/C23H21F9N2O6/c1-4-40-15-8-6-5-7-13(15)17(35)34-20(22(27,28)29,23(30,31)32)33-14-10-9-12(11-16(14)38-2)19(37,18(36)39-3)21(24,25)26/h5-11,33,37H,4H2,1-3H3,(H,34,35)/t19-/m1/s1. The lowest BCUT2D eigenvalue weighted by molar-refractivity contribution is -0.294. The molecular weight excluding hydrogens is 571 g/mol. The zero-order valence-electron chi connectivity index (χ0n) is 20.6. The number of carbonyl (C=O) groups is 2. The summed E-state index contributed by atoms with van der Waals surface area (Å²) >= 11 is 0. The van der Waals surface area contributed by atoms with Crippen molar-refractivity contribution in [1.29, 1.82) is 0 Å². The van der Waals surface area contributed by atoms with Crippen LogP contribution in [0.15, 0.2) is 42.5 Å². The van der Waals surface area contributed by atoms with Crippen LogP contribution in [0.2, 0.25) is 0 Å². The molecule has 0 aliphatic rings. The highest BCUT2D eigenvalue weighted by Crippen LogP contribution is 2.47. The van der Waals surface area contributed by atoms with E-state index < -0.39 is 64.2 Å². The molecule has 0 heterocycles. The second-order valence-electron chi connectivity index (χ2n) is 7.87. The summed E-state index contributed by atoms with van der Waals surface area (Å²) in [6.45, 7) is 1.35. The van der Waals surface area contributed by atoms with Crippen molar-refractivity contribution >= 4 is 17.6 Å². The van der Waals surface area contributed by atoms with Crippen molar-refractivity contribution in [3.05, 3.63) is 53.6 Å². The fourth-order valence-electron chi connectivity index (χ4n) is 3.42. The molecule has 8 nitrogen and oxygen atoms in total. The molecule has 2 rings (SSSR count). The van der Waals surface area contributed by atoms with Gasteiger partial charge in [-0.3, -0.25) is 4.79 Å². The van der Waals surface area contributed by atoms with Crippen LogP contribution in [0.5, 0.6) is 11.5 Å². The summed E-state index contributed by atoms with van der Waals surface area (Å²) in [7, 11) is 1.18. The van der Waals surface area contributed by atoms with Gasteiger partial charge in [0.25, 0.3) is 11.5 Å². The highest BCUT2D eigenvalue weighted by Gasteiger charge is 2.73. The normalized spacial score (nSPS) is 14.1. The lowest BCUT2D eigenvalue weighted by atomic mass is 9.92. The van der Waals surface area contributed by atoms with E-state index in [0.29, 0.717) is 14.2 Å². The maximum Gasteiger partial charge on any atom is 0.439 e. The van der Waals surface area contributed by atoms with Crippen LogP contribution in [0.3, 0.4) is 0 Å². The first-order valence-electron chi connectivity index (χ1n) is 10.8. The summed E-state index contributed by atoms with van der Waals surface area (Å²) < 4.78 is 139. The van der Waals surface area contributed by atoms with Gasteiger partial charge in [0.15, 0.2) is 0 Å². The number of ether oxygens (including phenoxy) is 3. The van der Waals surface area contributed by atoms with Crippen LogP contribution in [0.1, 0.15) is 22.8 Å². The Balaban J connectivity index is 2.72. The molecule has 0 saturated carbocycles. The van der Waals surface area contributed by atoms with Crippen molar-refractivity contribution in [2.24, 2.45) is 0 Å². The molecule has 3 N–H and O–H groups in total. The highest BCUT2D eigenvalue weighted by molar-refractivity contribution is 5.97. The summed E-state index contributed by atoms with van der Waals surface area (Å²) in [5.41, 5.74) is -12.9. The van der Waals surface area contributed by atoms with E-state index in [1.54, 1.807) is 0 Å². The molecule has 0 saturated heterocycles. The summed E-state index contributed by atoms with van der Waals surface area (Å²) in [6.07, 6.45) is -18.4. The zero-order valence-corrected chi connectivity index (χ0v) is 20.6. The number of methoxy groups -OCH3 is 2. The summed E-state index contributed by atoms with van der Waals surface area (Å²) in [5.74, 6) is -5.57. The number of aliphatic hydroxyl groups is 1. The molecule has 0 aliphatic heterocycles. The van der Waals surface area contributed by atoms with Crippen molar-refractivity contribution < 1.29 is 68.4 Å². The van der Waals surface area contributed by atoms with Gasteiger partial charge < -0.3 is 30.0 Å². The molecule has 0 fully saturated rings. The number of alkyl halides is 9.